The number of rotatable bonds is 3. The topological polar surface area (TPSA) is 46.6 Å². The molecule has 2 aliphatic rings. The van der Waals surface area contributed by atoms with E-state index in [0.29, 0.717) is 12.6 Å². The zero-order valence-corrected chi connectivity index (χ0v) is 8.86. The summed E-state index contributed by atoms with van der Waals surface area (Å²) in [6, 6.07) is 0.371. The summed E-state index contributed by atoms with van der Waals surface area (Å²) < 4.78 is 4.85. The Morgan fingerprint density at radius 3 is 2.93 bits per heavy atom. The minimum atomic E-state index is -0.479. The fourth-order valence-corrected chi connectivity index (χ4v) is 1.81. The first kappa shape index (κ1) is 10.2. The molecule has 2 rings (SSSR count). The predicted molar refractivity (Wildman–Crippen MR) is 54.1 cm³/mol. The van der Waals surface area contributed by atoms with E-state index in [2.05, 4.69) is 0 Å². The zero-order chi connectivity index (χ0) is 10.8. The summed E-state index contributed by atoms with van der Waals surface area (Å²) in [5.41, 5.74) is 0.218. The third-order valence-corrected chi connectivity index (χ3v) is 2.69. The van der Waals surface area contributed by atoms with Crippen molar-refractivity contribution in [3.63, 3.8) is 0 Å². The third kappa shape index (κ3) is 2.03. The molecule has 0 aromatic carbocycles. The number of ether oxygens (including phenoxy) is 1. The molecule has 0 radical (unpaired) electrons. The van der Waals surface area contributed by atoms with Gasteiger partial charge in [0.2, 0.25) is 0 Å². The van der Waals surface area contributed by atoms with Crippen molar-refractivity contribution < 1.29 is 14.3 Å². The van der Waals surface area contributed by atoms with Crippen LogP contribution in [0.5, 0.6) is 0 Å². The summed E-state index contributed by atoms with van der Waals surface area (Å²) in [6.07, 6.45) is 4.60. The van der Waals surface area contributed by atoms with Crippen LogP contribution in [0.25, 0.3) is 0 Å². The molecule has 1 aliphatic carbocycles. The van der Waals surface area contributed by atoms with Crippen LogP contribution in [0.15, 0.2) is 11.6 Å². The molecule has 4 nitrogen and oxygen atoms in total. The number of nitrogens with zero attached hydrogens (tertiary/aromatic N) is 1. The van der Waals surface area contributed by atoms with Gasteiger partial charge in [0.05, 0.1) is 6.61 Å². The molecule has 0 aromatic rings. The highest BCUT2D eigenvalue weighted by molar-refractivity contribution is 6.16. The van der Waals surface area contributed by atoms with Crippen LogP contribution in [0.3, 0.4) is 0 Å². The molecule has 0 N–H and O–H groups in total. The molecule has 1 fully saturated rings. The maximum Gasteiger partial charge on any atom is 0.343 e. The van der Waals surface area contributed by atoms with E-state index in [9.17, 15) is 9.59 Å². The van der Waals surface area contributed by atoms with Crippen LogP contribution in [-0.2, 0) is 14.3 Å². The van der Waals surface area contributed by atoms with E-state index in [4.69, 9.17) is 4.74 Å². The summed E-state index contributed by atoms with van der Waals surface area (Å²) >= 11 is 0. The van der Waals surface area contributed by atoms with Crippen LogP contribution in [-0.4, -0.2) is 36.0 Å². The molecule has 1 aliphatic heterocycles. The van der Waals surface area contributed by atoms with Gasteiger partial charge in [-0.2, -0.15) is 0 Å². The Morgan fingerprint density at radius 2 is 2.33 bits per heavy atom. The van der Waals surface area contributed by atoms with Crippen molar-refractivity contribution in [1.29, 1.82) is 0 Å². The average molecular weight is 209 g/mol. The molecule has 1 amide bonds. The Hall–Kier alpha value is -1.32. The standard InChI is InChI=1S/C11H15NO3/c1-2-15-11(14)9-4-3-7-12(10(9)13)8-5-6-8/h4,8H,2-3,5-7H2,1H3. The summed E-state index contributed by atoms with van der Waals surface area (Å²) in [5.74, 6) is -0.630. The van der Waals surface area contributed by atoms with Gasteiger partial charge in [0.1, 0.15) is 5.57 Å². The Morgan fingerprint density at radius 1 is 1.60 bits per heavy atom. The lowest BCUT2D eigenvalue weighted by atomic mass is 10.1. The fraction of sp³-hybridized carbons (Fsp3) is 0.636. The van der Waals surface area contributed by atoms with Crippen molar-refractivity contribution in [1.82, 2.24) is 4.90 Å². The molecule has 0 spiro atoms. The normalized spacial score (nSPS) is 21.3. The molecule has 1 saturated carbocycles. The maximum absolute atomic E-state index is 11.9. The van der Waals surface area contributed by atoms with Gasteiger partial charge in [0.15, 0.2) is 0 Å². The number of amides is 1. The third-order valence-electron chi connectivity index (χ3n) is 2.69. The van der Waals surface area contributed by atoms with Gasteiger partial charge in [-0.25, -0.2) is 4.79 Å². The molecule has 0 saturated heterocycles. The highest BCUT2D eigenvalue weighted by Gasteiger charge is 2.37. The summed E-state index contributed by atoms with van der Waals surface area (Å²) in [7, 11) is 0. The maximum atomic E-state index is 11.9. The molecule has 1 heterocycles. The van der Waals surface area contributed by atoms with Crippen LogP contribution in [0, 0.1) is 0 Å². The van der Waals surface area contributed by atoms with Crippen molar-refractivity contribution in [3.8, 4) is 0 Å². The lowest BCUT2D eigenvalue weighted by Crippen LogP contribution is -2.39. The minimum absolute atomic E-state index is 0.151. The largest absolute Gasteiger partial charge is 0.462 e. The number of esters is 1. The fourth-order valence-electron chi connectivity index (χ4n) is 1.81. The lowest BCUT2D eigenvalue weighted by molar-refractivity contribution is -0.142. The molecule has 15 heavy (non-hydrogen) atoms. The van der Waals surface area contributed by atoms with Crippen LogP contribution in [0.4, 0.5) is 0 Å². The molecule has 4 heteroatoms. The van der Waals surface area contributed by atoms with Gasteiger partial charge in [0, 0.05) is 12.6 Å². The Labute approximate surface area is 88.9 Å². The van der Waals surface area contributed by atoms with Crippen LogP contribution in [0.1, 0.15) is 26.2 Å². The monoisotopic (exact) mass is 209 g/mol. The van der Waals surface area contributed by atoms with Crippen molar-refractivity contribution in [2.45, 2.75) is 32.2 Å². The van der Waals surface area contributed by atoms with E-state index in [-0.39, 0.29) is 11.5 Å². The minimum Gasteiger partial charge on any atom is -0.462 e. The summed E-state index contributed by atoms with van der Waals surface area (Å²) in [4.78, 5) is 25.1. The van der Waals surface area contributed by atoms with Gasteiger partial charge >= 0.3 is 5.97 Å². The molecular weight excluding hydrogens is 194 g/mol. The number of hydrogen-bond donors (Lipinski definition) is 0. The second-order valence-electron chi connectivity index (χ2n) is 3.86. The van der Waals surface area contributed by atoms with Gasteiger partial charge < -0.3 is 9.64 Å². The Bertz CT molecular complexity index is 318. The van der Waals surface area contributed by atoms with Crippen LogP contribution in [0.2, 0.25) is 0 Å². The second-order valence-corrected chi connectivity index (χ2v) is 3.86. The van der Waals surface area contributed by atoms with Crippen LogP contribution < -0.4 is 0 Å². The predicted octanol–water partition coefficient (Wildman–Crippen LogP) is 0.871. The molecule has 0 unspecified atom stereocenters. The highest BCUT2D eigenvalue weighted by Crippen LogP contribution is 2.30. The van der Waals surface area contributed by atoms with Gasteiger partial charge in [-0.1, -0.05) is 6.08 Å². The van der Waals surface area contributed by atoms with Crippen molar-refractivity contribution in [2.24, 2.45) is 0 Å². The summed E-state index contributed by atoms with van der Waals surface area (Å²) in [5, 5.41) is 0. The van der Waals surface area contributed by atoms with E-state index in [1.807, 2.05) is 0 Å². The quantitative estimate of drug-likeness (QED) is 0.512. The smallest absolute Gasteiger partial charge is 0.343 e. The molecule has 0 bridgehead atoms. The first-order chi connectivity index (χ1) is 7.24. The van der Waals surface area contributed by atoms with Crippen molar-refractivity contribution in [3.05, 3.63) is 11.6 Å². The molecule has 0 atom stereocenters. The van der Waals surface area contributed by atoms with Crippen molar-refractivity contribution in [2.75, 3.05) is 13.2 Å². The van der Waals surface area contributed by atoms with E-state index < -0.39 is 5.97 Å². The highest BCUT2D eigenvalue weighted by atomic mass is 16.5. The Kier molecular flexibility index (Phi) is 2.75. The lowest BCUT2D eigenvalue weighted by Gasteiger charge is -2.26. The van der Waals surface area contributed by atoms with E-state index >= 15 is 0 Å². The zero-order valence-electron chi connectivity index (χ0n) is 8.86. The van der Waals surface area contributed by atoms with Crippen molar-refractivity contribution >= 4 is 11.9 Å². The van der Waals surface area contributed by atoms with Gasteiger partial charge in [-0.3, -0.25) is 4.79 Å². The van der Waals surface area contributed by atoms with Crippen LogP contribution >= 0.6 is 0 Å². The summed E-state index contributed by atoms with van der Waals surface area (Å²) in [6.45, 7) is 2.80. The van der Waals surface area contributed by atoms with E-state index in [0.717, 1.165) is 25.8 Å². The Balaban J connectivity index is 2.07. The SMILES string of the molecule is CCOC(=O)C1=CCCN(C2CC2)C1=O. The molecule has 82 valence electrons. The second kappa shape index (κ2) is 4.04. The number of carbonyl (C=O) groups excluding carboxylic acids is 2. The molecular formula is C11H15NO3. The van der Waals surface area contributed by atoms with E-state index in [1.165, 1.54) is 0 Å². The van der Waals surface area contributed by atoms with E-state index in [1.54, 1.807) is 17.9 Å². The number of hydrogen-bond acceptors (Lipinski definition) is 3. The number of carbonyl (C=O) groups is 2. The van der Waals surface area contributed by atoms with Gasteiger partial charge in [0.25, 0.3) is 5.91 Å². The van der Waals surface area contributed by atoms with Gasteiger partial charge in [-0.05, 0) is 26.2 Å². The first-order valence-corrected chi connectivity index (χ1v) is 5.42. The average Bonchev–Trinajstić information content (AvgIpc) is 3.02. The first-order valence-electron chi connectivity index (χ1n) is 5.42. The van der Waals surface area contributed by atoms with Gasteiger partial charge in [-0.15, -0.1) is 0 Å². The molecule has 0 aromatic heterocycles.